The zero-order chi connectivity index (χ0) is 30.5. The van der Waals surface area contributed by atoms with Crippen LogP contribution in [-0.4, -0.2) is 0 Å². The van der Waals surface area contributed by atoms with Crippen molar-refractivity contribution in [2.75, 3.05) is 4.90 Å². The highest BCUT2D eigenvalue weighted by atomic mass is 16.3. The fraction of sp³-hybridized carbons (Fsp3) is 0.182. The number of hydrogen-bond donors (Lipinski definition) is 0. The molecule has 2 nitrogen and oxygen atoms in total. The lowest BCUT2D eigenvalue weighted by atomic mass is 9.74. The molecule has 0 aliphatic heterocycles. The largest absolute Gasteiger partial charge is 0.456 e. The van der Waals surface area contributed by atoms with Gasteiger partial charge in [0.25, 0.3) is 0 Å². The zero-order valence-electron chi connectivity index (χ0n) is 26.0. The van der Waals surface area contributed by atoms with Gasteiger partial charge in [-0.15, -0.1) is 0 Å². The van der Waals surface area contributed by atoms with Crippen molar-refractivity contribution in [1.82, 2.24) is 0 Å². The van der Waals surface area contributed by atoms with Gasteiger partial charge in [0, 0.05) is 27.7 Å². The first-order valence-corrected chi connectivity index (χ1v) is 16.8. The molecule has 0 spiro atoms. The highest BCUT2D eigenvalue weighted by molar-refractivity contribution is 6.07. The van der Waals surface area contributed by atoms with Crippen LogP contribution in [0.4, 0.5) is 17.1 Å². The molecule has 0 unspecified atom stereocenters. The summed E-state index contributed by atoms with van der Waals surface area (Å²) in [5.41, 5.74) is 12.1. The van der Waals surface area contributed by atoms with Crippen molar-refractivity contribution in [2.24, 2.45) is 5.92 Å². The number of para-hydroxylation sites is 2. The summed E-state index contributed by atoms with van der Waals surface area (Å²) in [5.74, 6) is 0.880. The zero-order valence-corrected chi connectivity index (χ0v) is 26.0. The number of anilines is 3. The molecule has 0 amide bonds. The Balaban J connectivity index is 1.19. The first kappa shape index (κ1) is 27.2. The Morgan fingerprint density at radius 1 is 0.522 bits per heavy atom. The van der Waals surface area contributed by atoms with Crippen molar-refractivity contribution in [3.05, 3.63) is 151 Å². The van der Waals surface area contributed by atoms with Crippen LogP contribution in [-0.2, 0) is 5.41 Å². The van der Waals surface area contributed by atoms with Crippen LogP contribution in [0, 0.1) is 5.92 Å². The second-order valence-electron chi connectivity index (χ2n) is 13.3. The fourth-order valence-corrected chi connectivity index (χ4v) is 8.69. The molecule has 46 heavy (non-hydrogen) atoms. The maximum absolute atomic E-state index is 6.20. The monoisotopic (exact) mass is 595 g/mol. The number of hydrogen-bond acceptors (Lipinski definition) is 2. The van der Waals surface area contributed by atoms with E-state index >= 15 is 0 Å². The van der Waals surface area contributed by atoms with Crippen molar-refractivity contribution in [3.8, 4) is 22.3 Å². The number of rotatable bonds is 6. The van der Waals surface area contributed by atoms with E-state index in [9.17, 15) is 0 Å². The lowest BCUT2D eigenvalue weighted by molar-refractivity contribution is 0.370. The summed E-state index contributed by atoms with van der Waals surface area (Å²) in [7, 11) is 0. The van der Waals surface area contributed by atoms with E-state index in [-0.39, 0.29) is 0 Å². The van der Waals surface area contributed by atoms with E-state index < -0.39 is 0 Å². The first-order chi connectivity index (χ1) is 22.8. The van der Waals surface area contributed by atoms with Gasteiger partial charge in [-0.25, -0.2) is 0 Å². The van der Waals surface area contributed by atoms with Crippen molar-refractivity contribution in [3.63, 3.8) is 0 Å². The number of benzene rings is 6. The van der Waals surface area contributed by atoms with E-state index in [4.69, 9.17) is 4.42 Å². The molecule has 2 fully saturated rings. The Morgan fingerprint density at radius 2 is 1.20 bits per heavy atom. The third-order valence-electron chi connectivity index (χ3n) is 10.9. The van der Waals surface area contributed by atoms with E-state index in [0.29, 0.717) is 5.41 Å². The summed E-state index contributed by atoms with van der Waals surface area (Å²) in [4.78, 5) is 2.38. The Kier molecular flexibility index (Phi) is 6.56. The minimum atomic E-state index is 0.426. The normalized spacial score (nSPS) is 19.1. The Labute approximate surface area is 270 Å². The molecule has 0 radical (unpaired) electrons. The van der Waals surface area contributed by atoms with Gasteiger partial charge in [-0.1, -0.05) is 110 Å². The smallest absolute Gasteiger partial charge is 0.135 e. The van der Waals surface area contributed by atoms with Crippen LogP contribution in [0.3, 0.4) is 0 Å². The van der Waals surface area contributed by atoms with Gasteiger partial charge in [-0.2, -0.15) is 0 Å². The lowest BCUT2D eigenvalue weighted by Gasteiger charge is -2.30. The topological polar surface area (TPSA) is 16.4 Å². The van der Waals surface area contributed by atoms with Gasteiger partial charge in [-0.3, -0.25) is 0 Å². The van der Waals surface area contributed by atoms with Crippen LogP contribution in [0.25, 0.3) is 44.2 Å². The standard InChI is InChI=1S/C44H37NO/c1-3-11-32(12-4-1)39-29-33(31-19-22-35(23-20-31)44-27-9-13-34(44)14-10-28-44)21-25-41(39)45(36-15-5-2-6-16-36)37-24-26-43-40(30-37)38-17-7-8-18-42(38)46-43/h1-8,11-12,15-26,29-30,34H,9-10,13-14,27-28H2. The molecule has 2 aliphatic carbocycles. The summed E-state index contributed by atoms with van der Waals surface area (Å²) >= 11 is 0. The van der Waals surface area contributed by atoms with E-state index in [1.807, 2.05) is 12.1 Å². The molecule has 0 N–H and O–H groups in total. The van der Waals surface area contributed by atoms with Gasteiger partial charge in [-0.05, 0) is 108 Å². The third-order valence-corrected chi connectivity index (χ3v) is 10.9. The fourth-order valence-electron chi connectivity index (χ4n) is 8.69. The maximum atomic E-state index is 6.20. The molecule has 7 aromatic rings. The van der Waals surface area contributed by atoms with E-state index in [2.05, 4.69) is 138 Å². The van der Waals surface area contributed by atoms with Crippen LogP contribution in [0.2, 0.25) is 0 Å². The van der Waals surface area contributed by atoms with Crippen LogP contribution >= 0.6 is 0 Å². The summed E-state index contributed by atoms with van der Waals surface area (Å²) in [6, 6.07) is 53.0. The van der Waals surface area contributed by atoms with Crippen molar-refractivity contribution in [2.45, 2.75) is 43.9 Å². The molecule has 0 saturated heterocycles. The summed E-state index contributed by atoms with van der Waals surface area (Å²) in [6.07, 6.45) is 8.31. The van der Waals surface area contributed by atoms with Gasteiger partial charge in [0.2, 0.25) is 0 Å². The number of nitrogens with zero attached hydrogens (tertiary/aromatic N) is 1. The molecule has 2 heteroatoms. The molecular weight excluding hydrogens is 558 g/mol. The van der Waals surface area contributed by atoms with Gasteiger partial charge in [0.05, 0.1) is 5.69 Å². The summed E-state index contributed by atoms with van der Waals surface area (Å²) in [5, 5.41) is 2.26. The first-order valence-electron chi connectivity index (χ1n) is 16.8. The minimum Gasteiger partial charge on any atom is -0.456 e. The van der Waals surface area contributed by atoms with Crippen molar-refractivity contribution in [1.29, 1.82) is 0 Å². The van der Waals surface area contributed by atoms with E-state index in [1.165, 1.54) is 60.8 Å². The van der Waals surface area contributed by atoms with E-state index in [1.54, 1.807) is 5.56 Å². The van der Waals surface area contributed by atoms with Gasteiger partial charge in [0.1, 0.15) is 11.2 Å². The molecule has 9 rings (SSSR count). The quantitative estimate of drug-likeness (QED) is 0.190. The Morgan fingerprint density at radius 3 is 1.98 bits per heavy atom. The van der Waals surface area contributed by atoms with Crippen LogP contribution in [0.5, 0.6) is 0 Å². The van der Waals surface area contributed by atoms with Crippen molar-refractivity contribution >= 4 is 39.0 Å². The molecule has 0 atom stereocenters. The molecule has 224 valence electrons. The predicted molar refractivity (Wildman–Crippen MR) is 192 cm³/mol. The SMILES string of the molecule is c1ccc(-c2cc(-c3ccc(C45CCCC4CCC5)cc3)ccc2N(c2ccccc2)c2ccc3oc4ccccc4c3c2)cc1. The maximum Gasteiger partial charge on any atom is 0.135 e. The van der Waals surface area contributed by atoms with Gasteiger partial charge in [0.15, 0.2) is 0 Å². The van der Waals surface area contributed by atoms with Crippen LogP contribution < -0.4 is 4.90 Å². The summed E-state index contributed by atoms with van der Waals surface area (Å²) in [6.45, 7) is 0. The third kappa shape index (κ3) is 4.47. The van der Waals surface area contributed by atoms with Crippen LogP contribution in [0.1, 0.15) is 44.1 Å². The van der Waals surface area contributed by atoms with Crippen LogP contribution in [0.15, 0.2) is 150 Å². The Bertz CT molecular complexity index is 2150. The number of furan rings is 1. The van der Waals surface area contributed by atoms with E-state index in [0.717, 1.165) is 44.9 Å². The highest BCUT2D eigenvalue weighted by Gasteiger charge is 2.46. The molecule has 2 aliphatic rings. The number of fused-ring (bicyclic) bond motifs is 4. The second kappa shape index (κ2) is 11.1. The average molecular weight is 596 g/mol. The summed E-state index contributed by atoms with van der Waals surface area (Å²) < 4.78 is 6.20. The van der Waals surface area contributed by atoms with Gasteiger partial charge < -0.3 is 9.32 Å². The van der Waals surface area contributed by atoms with Crippen molar-refractivity contribution < 1.29 is 4.42 Å². The molecule has 1 aromatic heterocycles. The Hall–Kier alpha value is -5.08. The van der Waals surface area contributed by atoms with Gasteiger partial charge >= 0.3 is 0 Å². The minimum absolute atomic E-state index is 0.426. The lowest BCUT2D eigenvalue weighted by Crippen LogP contribution is -2.24. The molecule has 2 saturated carbocycles. The average Bonchev–Trinajstić information content (AvgIpc) is 3.83. The molecule has 0 bridgehead atoms. The predicted octanol–water partition coefficient (Wildman–Crippen LogP) is 12.6. The highest BCUT2D eigenvalue weighted by Crippen LogP contribution is 2.55. The molecular formula is C44H37NO. The molecule has 6 aromatic carbocycles. The molecule has 1 heterocycles. The second-order valence-corrected chi connectivity index (χ2v) is 13.3.